The van der Waals surface area contributed by atoms with Crippen molar-refractivity contribution in [3.05, 3.63) is 28.8 Å². The predicted molar refractivity (Wildman–Crippen MR) is 59.4 cm³/mol. The molecule has 0 unspecified atom stereocenters. The number of benzene rings is 1. The van der Waals surface area contributed by atoms with Crippen molar-refractivity contribution in [2.45, 2.75) is 18.9 Å². The fourth-order valence-electron chi connectivity index (χ4n) is 1.34. The van der Waals surface area contributed by atoms with E-state index in [4.69, 9.17) is 11.6 Å². The van der Waals surface area contributed by atoms with Crippen molar-refractivity contribution in [3.63, 3.8) is 0 Å². The second-order valence-corrected chi connectivity index (χ2v) is 4.01. The standard InChI is InChI=1S/C11H12ClNO2/c1-15-11(14)9-6-8(4-5-10(9)12)13-7-2-3-7/h4-7,13H,2-3H2,1H3. The molecule has 1 aliphatic carbocycles. The van der Waals surface area contributed by atoms with Crippen molar-refractivity contribution in [1.29, 1.82) is 0 Å². The van der Waals surface area contributed by atoms with Gasteiger partial charge in [-0.05, 0) is 31.0 Å². The Hall–Kier alpha value is -1.22. The predicted octanol–water partition coefficient (Wildman–Crippen LogP) is 2.70. The van der Waals surface area contributed by atoms with E-state index in [-0.39, 0.29) is 0 Å². The Balaban J connectivity index is 2.22. The van der Waals surface area contributed by atoms with Crippen molar-refractivity contribution < 1.29 is 9.53 Å². The van der Waals surface area contributed by atoms with Gasteiger partial charge in [0.2, 0.25) is 0 Å². The van der Waals surface area contributed by atoms with Crippen LogP contribution in [0, 0.1) is 0 Å². The first kappa shape index (κ1) is 10.3. The minimum Gasteiger partial charge on any atom is -0.465 e. The zero-order chi connectivity index (χ0) is 10.8. The molecule has 0 aromatic heterocycles. The largest absolute Gasteiger partial charge is 0.465 e. The highest BCUT2D eigenvalue weighted by Crippen LogP contribution is 2.27. The van der Waals surface area contributed by atoms with Gasteiger partial charge in [0, 0.05) is 11.7 Å². The SMILES string of the molecule is COC(=O)c1cc(NC2CC2)ccc1Cl. The average Bonchev–Trinajstić information content (AvgIpc) is 3.04. The normalized spacial score (nSPS) is 14.8. The summed E-state index contributed by atoms with van der Waals surface area (Å²) in [5.74, 6) is -0.403. The molecule has 1 aromatic carbocycles. The zero-order valence-electron chi connectivity index (χ0n) is 8.42. The molecule has 0 atom stereocenters. The number of ether oxygens (including phenoxy) is 1. The summed E-state index contributed by atoms with van der Waals surface area (Å²) in [6, 6.07) is 5.86. The molecule has 0 radical (unpaired) electrons. The van der Waals surface area contributed by atoms with Gasteiger partial charge in [0.05, 0.1) is 17.7 Å². The summed E-state index contributed by atoms with van der Waals surface area (Å²) in [5.41, 5.74) is 1.33. The molecular weight excluding hydrogens is 214 g/mol. The van der Waals surface area contributed by atoms with Gasteiger partial charge >= 0.3 is 5.97 Å². The molecule has 1 aliphatic rings. The number of carbonyl (C=O) groups excluding carboxylic acids is 1. The smallest absolute Gasteiger partial charge is 0.339 e. The first-order valence-electron chi connectivity index (χ1n) is 4.85. The molecule has 3 nitrogen and oxygen atoms in total. The van der Waals surface area contributed by atoms with Crippen LogP contribution in [-0.4, -0.2) is 19.1 Å². The number of halogens is 1. The quantitative estimate of drug-likeness (QED) is 0.804. The lowest BCUT2D eigenvalue weighted by Gasteiger charge is -2.07. The van der Waals surface area contributed by atoms with Crippen molar-refractivity contribution in [1.82, 2.24) is 0 Å². The zero-order valence-corrected chi connectivity index (χ0v) is 9.17. The van der Waals surface area contributed by atoms with Gasteiger partial charge in [0.1, 0.15) is 0 Å². The van der Waals surface area contributed by atoms with Gasteiger partial charge in [-0.1, -0.05) is 11.6 Å². The third-order valence-corrected chi connectivity index (χ3v) is 2.65. The van der Waals surface area contributed by atoms with Crippen LogP contribution in [-0.2, 0) is 4.74 Å². The number of nitrogens with one attached hydrogen (secondary N) is 1. The van der Waals surface area contributed by atoms with Crippen LogP contribution in [0.2, 0.25) is 5.02 Å². The van der Waals surface area contributed by atoms with Crippen LogP contribution in [0.25, 0.3) is 0 Å². The fraction of sp³-hybridized carbons (Fsp3) is 0.364. The molecule has 1 aromatic rings. The van der Waals surface area contributed by atoms with Gasteiger partial charge < -0.3 is 10.1 Å². The summed E-state index contributed by atoms with van der Waals surface area (Å²) in [4.78, 5) is 11.4. The van der Waals surface area contributed by atoms with Crippen molar-refractivity contribution in [2.24, 2.45) is 0 Å². The number of anilines is 1. The summed E-state index contributed by atoms with van der Waals surface area (Å²) in [6.07, 6.45) is 2.38. The molecule has 0 amide bonds. The molecule has 0 aliphatic heterocycles. The molecule has 1 N–H and O–H groups in total. The summed E-state index contributed by atoms with van der Waals surface area (Å²) in [7, 11) is 1.35. The van der Waals surface area contributed by atoms with Crippen LogP contribution >= 0.6 is 11.6 Å². The third-order valence-electron chi connectivity index (χ3n) is 2.32. The van der Waals surface area contributed by atoms with Crippen LogP contribution in [0.1, 0.15) is 23.2 Å². The van der Waals surface area contributed by atoms with E-state index in [1.165, 1.54) is 20.0 Å². The van der Waals surface area contributed by atoms with Gasteiger partial charge in [-0.15, -0.1) is 0 Å². The van der Waals surface area contributed by atoms with Gasteiger partial charge in [-0.3, -0.25) is 0 Å². The summed E-state index contributed by atoms with van der Waals surface area (Å²) in [5, 5.41) is 3.72. The highest BCUT2D eigenvalue weighted by atomic mass is 35.5. The van der Waals surface area contributed by atoms with Crippen LogP contribution in [0.4, 0.5) is 5.69 Å². The molecule has 0 spiro atoms. The van der Waals surface area contributed by atoms with Gasteiger partial charge in [0.25, 0.3) is 0 Å². The van der Waals surface area contributed by atoms with Crippen molar-refractivity contribution in [2.75, 3.05) is 12.4 Å². The van der Waals surface area contributed by atoms with E-state index >= 15 is 0 Å². The second-order valence-electron chi connectivity index (χ2n) is 3.60. The maximum absolute atomic E-state index is 11.4. The van der Waals surface area contributed by atoms with Gasteiger partial charge in [-0.25, -0.2) is 4.79 Å². The topological polar surface area (TPSA) is 38.3 Å². The lowest BCUT2D eigenvalue weighted by molar-refractivity contribution is 0.0601. The number of methoxy groups -OCH3 is 1. The maximum Gasteiger partial charge on any atom is 0.339 e. The Morgan fingerprint density at radius 3 is 2.87 bits per heavy atom. The van der Waals surface area contributed by atoms with E-state index in [1.54, 1.807) is 12.1 Å². The van der Waals surface area contributed by atoms with Crippen LogP contribution in [0.3, 0.4) is 0 Å². The Labute approximate surface area is 93.4 Å². The highest BCUT2D eigenvalue weighted by molar-refractivity contribution is 6.33. The molecule has 0 heterocycles. The fourth-order valence-corrected chi connectivity index (χ4v) is 1.54. The number of hydrogen-bond donors (Lipinski definition) is 1. The Morgan fingerprint density at radius 2 is 2.27 bits per heavy atom. The Morgan fingerprint density at radius 1 is 1.53 bits per heavy atom. The van der Waals surface area contributed by atoms with Crippen molar-refractivity contribution >= 4 is 23.3 Å². The van der Waals surface area contributed by atoms with E-state index in [0.29, 0.717) is 16.6 Å². The molecule has 15 heavy (non-hydrogen) atoms. The minimum absolute atomic E-state index is 0.403. The Bertz CT molecular complexity index is 388. The van der Waals surface area contributed by atoms with Crippen molar-refractivity contribution in [3.8, 4) is 0 Å². The highest BCUT2D eigenvalue weighted by Gasteiger charge is 2.21. The lowest BCUT2D eigenvalue weighted by atomic mass is 10.2. The van der Waals surface area contributed by atoms with Crippen LogP contribution < -0.4 is 5.32 Å². The van der Waals surface area contributed by atoms with E-state index in [2.05, 4.69) is 10.1 Å². The van der Waals surface area contributed by atoms with Gasteiger partial charge in [-0.2, -0.15) is 0 Å². The van der Waals surface area contributed by atoms with Gasteiger partial charge in [0.15, 0.2) is 0 Å². The second kappa shape index (κ2) is 4.11. The maximum atomic E-state index is 11.4. The minimum atomic E-state index is -0.403. The Kier molecular flexibility index (Phi) is 2.82. The summed E-state index contributed by atoms with van der Waals surface area (Å²) >= 11 is 5.89. The molecule has 0 saturated heterocycles. The average molecular weight is 226 g/mol. The van der Waals surface area contributed by atoms with E-state index in [9.17, 15) is 4.79 Å². The monoisotopic (exact) mass is 225 g/mol. The summed E-state index contributed by atoms with van der Waals surface area (Å²) in [6.45, 7) is 0. The number of rotatable bonds is 3. The lowest BCUT2D eigenvalue weighted by Crippen LogP contribution is -2.05. The van der Waals surface area contributed by atoms with E-state index in [0.717, 1.165) is 5.69 Å². The molecule has 1 saturated carbocycles. The molecule has 1 fully saturated rings. The molecule has 80 valence electrons. The molecule has 2 rings (SSSR count). The first-order valence-corrected chi connectivity index (χ1v) is 5.23. The van der Waals surface area contributed by atoms with E-state index in [1.807, 2.05) is 6.07 Å². The third kappa shape index (κ3) is 2.42. The molecule has 0 bridgehead atoms. The summed E-state index contributed by atoms with van der Waals surface area (Å²) < 4.78 is 4.64. The number of hydrogen-bond acceptors (Lipinski definition) is 3. The molecular formula is C11H12ClNO2. The number of carbonyl (C=O) groups is 1. The van der Waals surface area contributed by atoms with Crippen LogP contribution in [0.5, 0.6) is 0 Å². The van der Waals surface area contributed by atoms with Crippen LogP contribution in [0.15, 0.2) is 18.2 Å². The first-order chi connectivity index (χ1) is 7.20. The molecule has 4 heteroatoms. The number of esters is 1. The van der Waals surface area contributed by atoms with E-state index < -0.39 is 5.97 Å².